The third-order valence-electron chi connectivity index (χ3n) is 1.61. The van der Waals surface area contributed by atoms with E-state index in [1.54, 1.807) is 0 Å². The van der Waals surface area contributed by atoms with Gasteiger partial charge in [0.25, 0.3) is 5.97 Å². The fourth-order valence-corrected chi connectivity index (χ4v) is 0.985. The maximum Gasteiger partial charge on any atom is 0.279 e. The van der Waals surface area contributed by atoms with Crippen molar-refractivity contribution in [2.75, 3.05) is 13.1 Å². The molecule has 0 aromatic heterocycles. The Bertz CT molecular complexity index is 92.9. The van der Waals surface area contributed by atoms with E-state index in [0.717, 1.165) is 6.54 Å². The number of nitrogens with one attached hydrogen (secondary N) is 1. The topological polar surface area (TPSA) is 72.7 Å². The molecule has 1 aliphatic heterocycles. The van der Waals surface area contributed by atoms with Crippen LogP contribution in [0.3, 0.4) is 0 Å². The van der Waals surface area contributed by atoms with Gasteiger partial charge in [-0.15, -0.1) is 0 Å². The lowest BCUT2D eigenvalue weighted by Crippen LogP contribution is -2.38. The van der Waals surface area contributed by atoms with Gasteiger partial charge in [0.1, 0.15) is 0 Å². The predicted octanol–water partition coefficient (Wildman–Crippen LogP) is -1.77. The van der Waals surface area contributed by atoms with Crippen molar-refractivity contribution in [3.8, 4) is 0 Å². The van der Waals surface area contributed by atoms with Crippen molar-refractivity contribution >= 4 is 0 Å². The minimum Gasteiger partial charge on any atom is -0.343 e. The van der Waals surface area contributed by atoms with Crippen LogP contribution in [-0.4, -0.2) is 34.4 Å². The first-order valence-corrected chi connectivity index (χ1v) is 2.98. The van der Waals surface area contributed by atoms with Crippen molar-refractivity contribution in [1.29, 1.82) is 0 Å². The molecule has 0 aromatic rings. The van der Waals surface area contributed by atoms with Gasteiger partial charge in [0.2, 0.25) is 0 Å². The Morgan fingerprint density at radius 3 is 2.22 bits per heavy atom. The molecule has 1 aliphatic rings. The SMILES string of the molecule is OC(O)(O)[C@H]1CCNC1. The van der Waals surface area contributed by atoms with E-state index in [9.17, 15) is 0 Å². The molecule has 1 heterocycles. The molecule has 1 saturated heterocycles. The zero-order valence-electron chi connectivity index (χ0n) is 5.04. The highest BCUT2D eigenvalue weighted by Gasteiger charge is 2.33. The van der Waals surface area contributed by atoms with E-state index in [1.807, 2.05) is 0 Å². The first-order chi connectivity index (χ1) is 4.11. The molecule has 0 unspecified atom stereocenters. The summed E-state index contributed by atoms with van der Waals surface area (Å²) in [5.41, 5.74) is 0. The van der Waals surface area contributed by atoms with Gasteiger partial charge in [0.05, 0.1) is 5.92 Å². The predicted molar refractivity (Wildman–Crippen MR) is 30.4 cm³/mol. The quantitative estimate of drug-likeness (QED) is 0.319. The molecule has 1 fully saturated rings. The van der Waals surface area contributed by atoms with Crippen molar-refractivity contribution in [3.05, 3.63) is 0 Å². The van der Waals surface area contributed by atoms with Crippen molar-refractivity contribution in [3.63, 3.8) is 0 Å². The summed E-state index contributed by atoms with van der Waals surface area (Å²) in [7, 11) is 0. The van der Waals surface area contributed by atoms with Crippen LogP contribution in [-0.2, 0) is 0 Å². The second-order valence-corrected chi connectivity index (χ2v) is 2.38. The Hall–Kier alpha value is -0.160. The average Bonchev–Trinajstić information content (AvgIpc) is 2.08. The molecular weight excluding hydrogens is 122 g/mol. The van der Waals surface area contributed by atoms with Gasteiger partial charge in [0.15, 0.2) is 0 Å². The maximum absolute atomic E-state index is 8.59. The maximum atomic E-state index is 8.59. The molecule has 1 rings (SSSR count). The first kappa shape index (κ1) is 6.95. The summed E-state index contributed by atoms with van der Waals surface area (Å²) >= 11 is 0. The van der Waals surface area contributed by atoms with Crippen LogP contribution in [0.5, 0.6) is 0 Å². The monoisotopic (exact) mass is 133 g/mol. The Balaban J connectivity index is 2.42. The molecule has 0 aromatic carbocycles. The van der Waals surface area contributed by atoms with Gasteiger partial charge in [-0.25, -0.2) is 0 Å². The zero-order chi connectivity index (χ0) is 6.91. The molecular formula is C5H11NO3. The molecule has 4 heteroatoms. The lowest BCUT2D eigenvalue weighted by molar-refractivity contribution is -0.338. The molecule has 54 valence electrons. The fourth-order valence-electron chi connectivity index (χ4n) is 0.985. The molecule has 0 spiro atoms. The van der Waals surface area contributed by atoms with Crippen LogP contribution in [0.15, 0.2) is 0 Å². The molecule has 4 nitrogen and oxygen atoms in total. The summed E-state index contributed by atoms with van der Waals surface area (Å²) in [4.78, 5) is 0. The molecule has 4 N–H and O–H groups in total. The largest absolute Gasteiger partial charge is 0.343 e. The fraction of sp³-hybridized carbons (Fsp3) is 1.00. The number of hydrogen-bond donors (Lipinski definition) is 4. The van der Waals surface area contributed by atoms with Crippen LogP contribution in [0.25, 0.3) is 0 Å². The Labute approximate surface area is 53.1 Å². The summed E-state index contributed by atoms with van der Waals surface area (Å²) < 4.78 is 0. The molecule has 0 bridgehead atoms. The van der Waals surface area contributed by atoms with Crippen LogP contribution in [0.2, 0.25) is 0 Å². The van der Waals surface area contributed by atoms with E-state index in [4.69, 9.17) is 15.3 Å². The summed E-state index contributed by atoms with van der Waals surface area (Å²) in [6, 6.07) is 0. The van der Waals surface area contributed by atoms with E-state index in [-0.39, 0.29) is 0 Å². The van der Waals surface area contributed by atoms with E-state index >= 15 is 0 Å². The van der Waals surface area contributed by atoms with Crippen molar-refractivity contribution < 1.29 is 15.3 Å². The highest BCUT2D eigenvalue weighted by atomic mass is 16.7. The second-order valence-electron chi connectivity index (χ2n) is 2.38. The minimum atomic E-state index is -2.48. The summed E-state index contributed by atoms with van der Waals surface area (Å²) in [6.07, 6.45) is 0.615. The Morgan fingerprint density at radius 2 is 2.00 bits per heavy atom. The smallest absolute Gasteiger partial charge is 0.279 e. The van der Waals surface area contributed by atoms with Crippen LogP contribution >= 0.6 is 0 Å². The highest BCUT2D eigenvalue weighted by molar-refractivity contribution is 4.75. The van der Waals surface area contributed by atoms with E-state index in [1.165, 1.54) is 0 Å². The molecule has 0 aliphatic carbocycles. The summed E-state index contributed by atoms with van der Waals surface area (Å²) in [6.45, 7) is 1.22. The number of hydrogen-bond acceptors (Lipinski definition) is 4. The zero-order valence-corrected chi connectivity index (χ0v) is 5.04. The lowest BCUT2D eigenvalue weighted by atomic mass is 10.1. The summed E-state index contributed by atoms with van der Waals surface area (Å²) in [5.74, 6) is -2.92. The standard InChI is InChI=1S/C5H11NO3/c7-5(8,9)4-1-2-6-3-4/h4,6-9H,1-3H2/t4-/m0/s1. The third kappa shape index (κ3) is 1.62. The molecule has 1 atom stereocenters. The van der Waals surface area contributed by atoms with Crippen LogP contribution in [0, 0.1) is 5.92 Å². The van der Waals surface area contributed by atoms with Crippen LogP contribution in [0.1, 0.15) is 6.42 Å². The highest BCUT2D eigenvalue weighted by Crippen LogP contribution is 2.17. The second kappa shape index (κ2) is 2.22. The lowest BCUT2D eigenvalue weighted by Gasteiger charge is -2.19. The van der Waals surface area contributed by atoms with Crippen LogP contribution in [0.4, 0.5) is 0 Å². The molecule has 0 amide bonds. The van der Waals surface area contributed by atoms with Gasteiger partial charge in [-0.1, -0.05) is 0 Å². The average molecular weight is 133 g/mol. The van der Waals surface area contributed by atoms with Crippen molar-refractivity contribution in [2.24, 2.45) is 5.92 Å². The van der Waals surface area contributed by atoms with Gasteiger partial charge in [-0.2, -0.15) is 0 Å². The normalized spacial score (nSPS) is 29.0. The number of rotatable bonds is 1. The van der Waals surface area contributed by atoms with E-state index < -0.39 is 11.9 Å². The molecule has 0 radical (unpaired) electrons. The molecule has 9 heavy (non-hydrogen) atoms. The van der Waals surface area contributed by atoms with E-state index in [2.05, 4.69) is 5.32 Å². The number of aliphatic hydroxyl groups is 3. The van der Waals surface area contributed by atoms with Crippen molar-refractivity contribution in [1.82, 2.24) is 5.32 Å². The van der Waals surface area contributed by atoms with Crippen LogP contribution < -0.4 is 5.32 Å². The van der Waals surface area contributed by atoms with Gasteiger partial charge in [-0.05, 0) is 13.0 Å². The van der Waals surface area contributed by atoms with Crippen molar-refractivity contribution in [2.45, 2.75) is 12.4 Å². The first-order valence-electron chi connectivity index (χ1n) is 2.98. The van der Waals surface area contributed by atoms with E-state index in [0.29, 0.717) is 13.0 Å². The third-order valence-corrected chi connectivity index (χ3v) is 1.61. The molecule has 0 saturated carbocycles. The van der Waals surface area contributed by atoms with Gasteiger partial charge in [0, 0.05) is 6.54 Å². The summed E-state index contributed by atoms with van der Waals surface area (Å²) in [5, 5.41) is 28.7. The minimum absolute atomic E-state index is 0.433. The van der Waals surface area contributed by atoms with Gasteiger partial charge < -0.3 is 20.6 Å². The van der Waals surface area contributed by atoms with Gasteiger partial charge in [-0.3, -0.25) is 0 Å². The van der Waals surface area contributed by atoms with Gasteiger partial charge >= 0.3 is 0 Å². The Kier molecular flexibility index (Phi) is 1.72. The Morgan fingerprint density at radius 1 is 1.33 bits per heavy atom.